The van der Waals surface area contributed by atoms with Crippen molar-refractivity contribution in [3.8, 4) is 0 Å². The normalized spacial score (nSPS) is 10.4. The van der Waals surface area contributed by atoms with E-state index in [1.807, 2.05) is 29.9 Å². The molecule has 0 unspecified atom stereocenters. The SMILES string of the molecule is Cn1ccnc1Sc1ccc(NC(=O)c2cccc([N+](=O)[O-])c2)cc1. The Labute approximate surface area is 147 Å². The minimum Gasteiger partial charge on any atom is -0.329 e. The molecule has 0 saturated heterocycles. The van der Waals surface area contributed by atoms with Crippen LogP contribution in [0.2, 0.25) is 0 Å². The van der Waals surface area contributed by atoms with Crippen molar-refractivity contribution in [2.45, 2.75) is 10.1 Å². The van der Waals surface area contributed by atoms with Gasteiger partial charge in [-0.2, -0.15) is 0 Å². The second-order valence-corrected chi connectivity index (χ2v) is 6.25. The third-order valence-electron chi connectivity index (χ3n) is 3.42. The number of hydrogen-bond donors (Lipinski definition) is 1. The molecule has 3 aromatic rings. The maximum Gasteiger partial charge on any atom is 0.270 e. The zero-order chi connectivity index (χ0) is 17.8. The number of non-ortho nitro benzene ring substituents is 1. The predicted molar refractivity (Wildman–Crippen MR) is 94.8 cm³/mol. The van der Waals surface area contributed by atoms with Crippen LogP contribution in [0.1, 0.15) is 10.4 Å². The predicted octanol–water partition coefficient (Wildman–Crippen LogP) is 3.73. The second-order valence-electron chi connectivity index (χ2n) is 5.21. The summed E-state index contributed by atoms with van der Waals surface area (Å²) < 4.78 is 1.92. The molecule has 0 saturated carbocycles. The number of nitrogens with one attached hydrogen (secondary N) is 1. The molecule has 3 rings (SSSR count). The number of nitrogens with zero attached hydrogens (tertiary/aromatic N) is 3. The summed E-state index contributed by atoms with van der Waals surface area (Å²) >= 11 is 1.51. The van der Waals surface area contributed by atoms with E-state index in [2.05, 4.69) is 10.3 Å². The average molecular weight is 354 g/mol. The van der Waals surface area contributed by atoms with E-state index in [4.69, 9.17) is 0 Å². The summed E-state index contributed by atoms with van der Waals surface area (Å²) in [6.07, 6.45) is 3.60. The summed E-state index contributed by atoms with van der Waals surface area (Å²) in [5.74, 6) is -0.395. The van der Waals surface area contributed by atoms with E-state index in [0.717, 1.165) is 10.1 Å². The molecule has 1 N–H and O–H groups in total. The van der Waals surface area contributed by atoms with Crippen LogP contribution in [0.4, 0.5) is 11.4 Å². The van der Waals surface area contributed by atoms with E-state index in [1.165, 1.54) is 36.0 Å². The number of hydrogen-bond acceptors (Lipinski definition) is 5. The van der Waals surface area contributed by atoms with Gasteiger partial charge in [-0.15, -0.1) is 0 Å². The van der Waals surface area contributed by atoms with E-state index < -0.39 is 10.8 Å². The number of aryl methyl sites for hydroxylation is 1. The van der Waals surface area contributed by atoms with Gasteiger partial charge in [-0.25, -0.2) is 4.98 Å². The number of carbonyl (C=O) groups is 1. The van der Waals surface area contributed by atoms with Crippen molar-refractivity contribution < 1.29 is 9.72 Å². The van der Waals surface area contributed by atoms with Crippen LogP contribution in [0.15, 0.2) is 71.0 Å². The van der Waals surface area contributed by atoms with Gasteiger partial charge in [0, 0.05) is 47.7 Å². The quantitative estimate of drug-likeness (QED) is 0.557. The van der Waals surface area contributed by atoms with Gasteiger partial charge in [0.1, 0.15) is 0 Å². The molecule has 0 atom stereocenters. The monoisotopic (exact) mass is 354 g/mol. The van der Waals surface area contributed by atoms with Crippen LogP contribution in [0, 0.1) is 10.1 Å². The Morgan fingerprint density at radius 3 is 2.64 bits per heavy atom. The highest BCUT2D eigenvalue weighted by atomic mass is 32.2. The number of anilines is 1. The Balaban J connectivity index is 1.69. The van der Waals surface area contributed by atoms with Gasteiger partial charge >= 0.3 is 0 Å². The number of amides is 1. The van der Waals surface area contributed by atoms with Crippen molar-refractivity contribution in [1.29, 1.82) is 0 Å². The zero-order valence-electron chi connectivity index (χ0n) is 13.2. The summed E-state index contributed by atoms with van der Waals surface area (Å²) in [6.45, 7) is 0. The highest BCUT2D eigenvalue weighted by molar-refractivity contribution is 7.99. The van der Waals surface area contributed by atoms with Crippen molar-refractivity contribution in [2.75, 3.05) is 5.32 Å². The summed E-state index contributed by atoms with van der Waals surface area (Å²) in [4.78, 5) is 27.7. The zero-order valence-corrected chi connectivity index (χ0v) is 14.1. The molecule has 0 aliphatic rings. The molecule has 25 heavy (non-hydrogen) atoms. The number of nitro groups is 1. The van der Waals surface area contributed by atoms with E-state index >= 15 is 0 Å². The molecule has 0 aliphatic heterocycles. The molecule has 1 amide bonds. The number of aromatic nitrogens is 2. The number of benzene rings is 2. The van der Waals surface area contributed by atoms with Gasteiger partial charge in [0.25, 0.3) is 11.6 Å². The highest BCUT2D eigenvalue weighted by Crippen LogP contribution is 2.27. The topological polar surface area (TPSA) is 90.1 Å². The fourth-order valence-electron chi connectivity index (χ4n) is 2.13. The fraction of sp³-hybridized carbons (Fsp3) is 0.0588. The molecular formula is C17H14N4O3S. The third kappa shape index (κ3) is 4.04. The second kappa shape index (κ2) is 7.18. The molecule has 0 fully saturated rings. The maximum atomic E-state index is 12.2. The summed E-state index contributed by atoms with van der Waals surface area (Å²) in [5, 5.41) is 14.4. The van der Waals surface area contributed by atoms with Gasteiger partial charge in [-0.05, 0) is 30.3 Å². The lowest BCUT2D eigenvalue weighted by atomic mass is 10.2. The standard InChI is InChI=1S/C17H14N4O3S/c1-20-10-9-18-17(20)25-15-7-5-13(6-8-15)19-16(22)12-3-2-4-14(11-12)21(23)24/h2-11H,1H3,(H,19,22). The lowest BCUT2D eigenvalue weighted by Gasteiger charge is -2.07. The number of imidazole rings is 1. The fourth-order valence-corrected chi connectivity index (χ4v) is 2.93. The van der Waals surface area contributed by atoms with Gasteiger partial charge in [-0.1, -0.05) is 17.8 Å². The molecule has 0 aliphatic carbocycles. The van der Waals surface area contributed by atoms with E-state index in [0.29, 0.717) is 5.69 Å². The largest absolute Gasteiger partial charge is 0.329 e. The number of nitro benzene ring substituents is 1. The van der Waals surface area contributed by atoms with Crippen molar-refractivity contribution in [3.05, 3.63) is 76.6 Å². The molecule has 1 aromatic heterocycles. The highest BCUT2D eigenvalue weighted by Gasteiger charge is 2.11. The number of rotatable bonds is 5. The first-order chi connectivity index (χ1) is 12.0. The maximum absolute atomic E-state index is 12.2. The Morgan fingerprint density at radius 1 is 1.24 bits per heavy atom. The molecule has 2 aromatic carbocycles. The van der Waals surface area contributed by atoms with Crippen LogP contribution in [-0.4, -0.2) is 20.4 Å². The van der Waals surface area contributed by atoms with E-state index in [-0.39, 0.29) is 11.3 Å². The Bertz CT molecular complexity index is 922. The molecule has 1 heterocycles. The lowest BCUT2D eigenvalue weighted by molar-refractivity contribution is -0.384. The summed E-state index contributed by atoms with van der Waals surface area (Å²) in [7, 11) is 1.92. The van der Waals surface area contributed by atoms with Crippen LogP contribution in [-0.2, 0) is 7.05 Å². The third-order valence-corrected chi connectivity index (χ3v) is 4.50. The van der Waals surface area contributed by atoms with Crippen molar-refractivity contribution in [2.24, 2.45) is 7.05 Å². The van der Waals surface area contributed by atoms with Crippen LogP contribution in [0.5, 0.6) is 0 Å². The van der Waals surface area contributed by atoms with Crippen molar-refractivity contribution in [1.82, 2.24) is 9.55 Å². The van der Waals surface area contributed by atoms with Crippen LogP contribution in [0.25, 0.3) is 0 Å². The smallest absolute Gasteiger partial charge is 0.270 e. The van der Waals surface area contributed by atoms with Gasteiger partial charge in [0.2, 0.25) is 0 Å². The first-order valence-corrected chi connectivity index (χ1v) is 8.15. The van der Waals surface area contributed by atoms with Crippen LogP contribution < -0.4 is 5.32 Å². The molecule has 0 bridgehead atoms. The molecule has 8 heteroatoms. The van der Waals surface area contributed by atoms with Crippen LogP contribution in [0.3, 0.4) is 0 Å². The van der Waals surface area contributed by atoms with E-state index in [9.17, 15) is 14.9 Å². The molecule has 126 valence electrons. The van der Waals surface area contributed by atoms with Gasteiger partial charge in [0.15, 0.2) is 5.16 Å². The minimum absolute atomic E-state index is 0.116. The summed E-state index contributed by atoms with van der Waals surface area (Å²) in [6, 6.07) is 12.9. The number of carbonyl (C=O) groups excluding carboxylic acids is 1. The van der Waals surface area contributed by atoms with Gasteiger partial charge in [0.05, 0.1) is 4.92 Å². The van der Waals surface area contributed by atoms with Crippen molar-refractivity contribution in [3.63, 3.8) is 0 Å². The van der Waals surface area contributed by atoms with Gasteiger partial charge in [-0.3, -0.25) is 14.9 Å². The first kappa shape index (κ1) is 16.7. The average Bonchev–Trinajstić information content (AvgIpc) is 3.01. The minimum atomic E-state index is -0.527. The molecule has 7 nitrogen and oxygen atoms in total. The Morgan fingerprint density at radius 2 is 2.00 bits per heavy atom. The Kier molecular flexibility index (Phi) is 4.80. The van der Waals surface area contributed by atoms with Crippen molar-refractivity contribution >= 4 is 29.0 Å². The first-order valence-electron chi connectivity index (χ1n) is 7.34. The Hall–Kier alpha value is -3.13. The summed E-state index contributed by atoms with van der Waals surface area (Å²) in [5.41, 5.74) is 0.732. The lowest BCUT2D eigenvalue weighted by Crippen LogP contribution is -2.11. The molecule has 0 radical (unpaired) electrons. The van der Waals surface area contributed by atoms with E-state index in [1.54, 1.807) is 18.3 Å². The molecule has 0 spiro atoms. The van der Waals surface area contributed by atoms with Crippen LogP contribution >= 0.6 is 11.8 Å². The van der Waals surface area contributed by atoms with Gasteiger partial charge < -0.3 is 9.88 Å². The molecular weight excluding hydrogens is 340 g/mol.